The number of rotatable bonds is 5. The minimum atomic E-state index is -0.567. The maximum Gasteiger partial charge on any atom is 0.163 e. The van der Waals surface area contributed by atoms with Gasteiger partial charge < -0.3 is 0 Å². The van der Waals surface area contributed by atoms with Gasteiger partial charge in [-0.05, 0) is 35.7 Å². The first kappa shape index (κ1) is 14.8. The minimum Gasteiger partial charge on any atom is -0.294 e. The van der Waals surface area contributed by atoms with Gasteiger partial charge in [0.1, 0.15) is 5.82 Å². The fourth-order valence-corrected chi connectivity index (χ4v) is 2.11. The van der Waals surface area contributed by atoms with Crippen molar-refractivity contribution in [3.8, 4) is 0 Å². The van der Waals surface area contributed by atoms with Crippen molar-refractivity contribution >= 4 is 35.0 Å². The molecule has 0 unspecified atom stereocenters. The lowest BCUT2D eigenvalue weighted by molar-refractivity contribution is 0.0982. The summed E-state index contributed by atoms with van der Waals surface area (Å²) in [5.74, 6) is -0.665. The van der Waals surface area contributed by atoms with Gasteiger partial charge in [0.25, 0.3) is 0 Å². The van der Waals surface area contributed by atoms with Crippen molar-refractivity contribution in [2.24, 2.45) is 0 Å². The Labute approximate surface area is 127 Å². The lowest BCUT2D eigenvalue weighted by atomic mass is 10.0. The van der Waals surface area contributed by atoms with E-state index in [4.69, 9.17) is 23.8 Å². The van der Waals surface area contributed by atoms with Crippen LogP contribution in [0.25, 0.3) is 0 Å². The first-order valence-electron chi connectivity index (χ1n) is 6.12. The van der Waals surface area contributed by atoms with E-state index in [0.29, 0.717) is 18.4 Å². The summed E-state index contributed by atoms with van der Waals surface area (Å²) in [6.45, 7) is 0. The van der Waals surface area contributed by atoms with Crippen LogP contribution in [0, 0.1) is 5.82 Å². The number of hydrogen-bond acceptors (Lipinski definition) is 2. The second kappa shape index (κ2) is 6.73. The number of halogens is 2. The molecular formula is C16H12ClFOS. The van der Waals surface area contributed by atoms with E-state index in [1.54, 1.807) is 11.4 Å². The third-order valence-corrected chi connectivity index (χ3v) is 3.58. The van der Waals surface area contributed by atoms with Crippen molar-refractivity contribution < 1.29 is 9.18 Å². The van der Waals surface area contributed by atoms with E-state index in [0.717, 1.165) is 11.1 Å². The summed E-state index contributed by atoms with van der Waals surface area (Å²) in [6.07, 6.45) is 0.943. The smallest absolute Gasteiger partial charge is 0.163 e. The molecule has 0 fully saturated rings. The van der Waals surface area contributed by atoms with E-state index in [-0.39, 0.29) is 10.8 Å². The molecule has 0 amide bonds. The van der Waals surface area contributed by atoms with Gasteiger partial charge in [0.2, 0.25) is 0 Å². The van der Waals surface area contributed by atoms with Crippen LogP contribution in [-0.4, -0.2) is 11.2 Å². The Hall–Kier alpha value is -1.58. The van der Waals surface area contributed by atoms with E-state index in [1.165, 1.54) is 12.1 Å². The number of hydrogen-bond donors (Lipinski definition) is 0. The zero-order valence-corrected chi connectivity index (χ0v) is 12.2. The zero-order chi connectivity index (χ0) is 14.5. The molecule has 0 atom stereocenters. The molecule has 102 valence electrons. The summed E-state index contributed by atoms with van der Waals surface area (Å²) in [4.78, 5) is 12.0. The van der Waals surface area contributed by atoms with Crippen molar-refractivity contribution in [2.75, 3.05) is 0 Å². The van der Waals surface area contributed by atoms with Crippen LogP contribution in [0.15, 0.2) is 42.5 Å². The van der Waals surface area contributed by atoms with Gasteiger partial charge in [-0.15, -0.1) is 0 Å². The van der Waals surface area contributed by atoms with Gasteiger partial charge in [-0.3, -0.25) is 4.79 Å². The molecule has 0 N–H and O–H groups in total. The molecule has 2 aromatic carbocycles. The monoisotopic (exact) mass is 306 g/mol. The van der Waals surface area contributed by atoms with Crippen molar-refractivity contribution in [1.29, 1.82) is 0 Å². The Morgan fingerprint density at radius 1 is 1.20 bits per heavy atom. The van der Waals surface area contributed by atoms with Crippen LogP contribution in [0.2, 0.25) is 5.02 Å². The number of ketones is 1. The summed E-state index contributed by atoms with van der Waals surface area (Å²) < 4.78 is 13.3. The summed E-state index contributed by atoms with van der Waals surface area (Å²) in [5, 5.41) is 1.63. The number of carbonyl (C=O) groups excluding carboxylic acids is 1. The lowest BCUT2D eigenvalue weighted by Crippen LogP contribution is -2.02. The summed E-state index contributed by atoms with van der Waals surface area (Å²) in [6, 6.07) is 11.8. The Kier molecular flexibility index (Phi) is 4.99. The van der Waals surface area contributed by atoms with Gasteiger partial charge in [-0.2, -0.15) is 0 Å². The largest absolute Gasteiger partial charge is 0.294 e. The second-order valence-corrected chi connectivity index (χ2v) is 5.05. The molecule has 4 heteroatoms. The van der Waals surface area contributed by atoms with Crippen molar-refractivity contribution in [2.45, 2.75) is 12.8 Å². The maximum atomic E-state index is 13.3. The molecule has 0 aliphatic carbocycles. The normalized spacial score (nSPS) is 10.3. The number of thiocarbonyl (C=S) groups is 1. The second-order valence-electron chi connectivity index (χ2n) is 4.41. The average molecular weight is 307 g/mol. The predicted molar refractivity (Wildman–Crippen MR) is 83.3 cm³/mol. The van der Waals surface area contributed by atoms with Gasteiger partial charge >= 0.3 is 0 Å². The highest BCUT2D eigenvalue weighted by Crippen LogP contribution is 2.17. The van der Waals surface area contributed by atoms with Gasteiger partial charge in [-0.25, -0.2) is 4.39 Å². The van der Waals surface area contributed by atoms with Crippen LogP contribution in [0.5, 0.6) is 0 Å². The maximum absolute atomic E-state index is 13.3. The third-order valence-electron chi connectivity index (χ3n) is 3.00. The van der Waals surface area contributed by atoms with Crippen LogP contribution < -0.4 is 0 Å². The fraction of sp³-hybridized carbons (Fsp3) is 0.125. The minimum absolute atomic E-state index is 0.0253. The molecule has 0 heterocycles. The van der Waals surface area contributed by atoms with Gasteiger partial charge in [0, 0.05) is 17.4 Å². The predicted octanol–water partition coefficient (Wildman–Crippen LogP) is 4.64. The molecule has 2 aromatic rings. The molecule has 0 bridgehead atoms. The molecular weight excluding hydrogens is 295 g/mol. The Morgan fingerprint density at radius 2 is 1.90 bits per heavy atom. The lowest BCUT2D eigenvalue weighted by Gasteiger charge is -2.03. The van der Waals surface area contributed by atoms with Crippen LogP contribution in [0.1, 0.15) is 27.9 Å². The Morgan fingerprint density at radius 3 is 2.50 bits per heavy atom. The average Bonchev–Trinajstić information content (AvgIpc) is 2.48. The quantitative estimate of drug-likeness (QED) is 0.591. The number of carbonyl (C=O) groups is 1. The first-order chi connectivity index (χ1) is 9.60. The Balaban J connectivity index is 2.00. The molecule has 1 nitrogen and oxygen atoms in total. The van der Waals surface area contributed by atoms with Gasteiger partial charge in [-0.1, -0.05) is 48.1 Å². The molecule has 20 heavy (non-hydrogen) atoms. The number of benzene rings is 2. The SMILES string of the molecule is O=C(CCc1ccc(C=S)cc1)c1ccc(Cl)c(F)c1. The molecule has 0 radical (unpaired) electrons. The van der Waals surface area contributed by atoms with Crippen molar-refractivity contribution in [3.05, 3.63) is 70.0 Å². The highest BCUT2D eigenvalue weighted by Gasteiger charge is 2.09. The zero-order valence-electron chi connectivity index (χ0n) is 10.6. The number of aryl methyl sites for hydroxylation is 1. The summed E-state index contributed by atoms with van der Waals surface area (Å²) in [7, 11) is 0. The van der Waals surface area contributed by atoms with E-state index >= 15 is 0 Å². The van der Waals surface area contributed by atoms with Crippen LogP contribution in [0.4, 0.5) is 4.39 Å². The summed E-state index contributed by atoms with van der Waals surface area (Å²) >= 11 is 10.4. The van der Waals surface area contributed by atoms with Crippen LogP contribution in [0.3, 0.4) is 0 Å². The molecule has 0 aromatic heterocycles. The molecule has 2 rings (SSSR count). The fourth-order valence-electron chi connectivity index (χ4n) is 1.83. The van der Waals surface area contributed by atoms with Crippen molar-refractivity contribution in [1.82, 2.24) is 0 Å². The van der Waals surface area contributed by atoms with Gasteiger partial charge in [0.05, 0.1) is 5.02 Å². The van der Waals surface area contributed by atoms with Crippen molar-refractivity contribution in [3.63, 3.8) is 0 Å². The van der Waals surface area contributed by atoms with E-state index in [2.05, 4.69) is 0 Å². The molecule has 0 saturated carbocycles. The van der Waals surface area contributed by atoms with Crippen LogP contribution in [-0.2, 0) is 6.42 Å². The topological polar surface area (TPSA) is 17.1 Å². The standard InChI is InChI=1S/C16H12ClFOS/c17-14-7-6-13(9-15(14)18)16(19)8-5-11-1-3-12(10-20)4-2-11/h1-4,6-7,9-10H,5,8H2. The molecule has 0 saturated heterocycles. The van der Waals surface area contributed by atoms with Crippen LogP contribution >= 0.6 is 23.8 Å². The highest BCUT2D eigenvalue weighted by atomic mass is 35.5. The highest BCUT2D eigenvalue weighted by molar-refractivity contribution is 7.79. The molecule has 0 aliphatic heterocycles. The molecule has 0 aliphatic rings. The summed E-state index contributed by atoms with van der Waals surface area (Å²) in [5.41, 5.74) is 2.37. The number of Topliss-reactive ketones (excluding diaryl/α,β-unsaturated/α-hetero) is 1. The van der Waals surface area contributed by atoms with Gasteiger partial charge in [0.15, 0.2) is 5.78 Å². The van der Waals surface area contributed by atoms with E-state index < -0.39 is 5.82 Å². The first-order valence-corrected chi connectivity index (χ1v) is 6.97. The third kappa shape index (κ3) is 3.71. The molecule has 0 spiro atoms. The van der Waals surface area contributed by atoms with E-state index in [1.807, 2.05) is 24.3 Å². The van der Waals surface area contributed by atoms with E-state index in [9.17, 15) is 9.18 Å². The Bertz CT molecular complexity index is 637.